The standard InChI is InChI=1S/C27H40ClN3O8/c1-17(2)21(30-23(34)29-14-26(6,7)39-24(35)38-16-37-18(3)32)22(33)31-13-12-27(36,25(4,5)15-31)19-8-10-20(28)11-9-19/h8-11,17,21,36H,12-16H2,1-7H3,(H2,29,30,34)/t21-,27+/m1/s1. The van der Waals surface area contributed by atoms with E-state index in [1.54, 1.807) is 43.0 Å². The topological polar surface area (TPSA) is 144 Å². The number of nitrogens with zero attached hydrogens (tertiary/aromatic N) is 1. The van der Waals surface area contributed by atoms with Crippen LogP contribution in [0.1, 0.15) is 60.5 Å². The summed E-state index contributed by atoms with van der Waals surface area (Å²) in [5.41, 5.74) is -2.24. The lowest BCUT2D eigenvalue weighted by Crippen LogP contribution is -2.61. The highest BCUT2D eigenvalue weighted by Gasteiger charge is 2.50. The fourth-order valence-electron chi connectivity index (χ4n) is 4.42. The molecule has 2 atom stereocenters. The fraction of sp³-hybridized carbons (Fsp3) is 0.630. The third kappa shape index (κ3) is 8.72. The van der Waals surface area contributed by atoms with Crippen LogP contribution in [0.3, 0.4) is 0 Å². The molecule has 1 aliphatic heterocycles. The summed E-state index contributed by atoms with van der Waals surface area (Å²) < 4.78 is 14.3. The van der Waals surface area contributed by atoms with Gasteiger partial charge in [-0.3, -0.25) is 9.59 Å². The number of nitrogens with one attached hydrogen (secondary N) is 2. The summed E-state index contributed by atoms with van der Waals surface area (Å²) in [5, 5.41) is 17.5. The summed E-state index contributed by atoms with van der Waals surface area (Å²) >= 11 is 6.02. The third-order valence-corrected chi connectivity index (χ3v) is 7.03. The van der Waals surface area contributed by atoms with Gasteiger partial charge in [-0.1, -0.05) is 51.4 Å². The predicted octanol–water partition coefficient (Wildman–Crippen LogP) is 3.56. The maximum atomic E-state index is 13.5. The van der Waals surface area contributed by atoms with E-state index in [0.717, 1.165) is 5.56 Å². The molecule has 2 rings (SSSR count). The SMILES string of the molecule is CC(=O)OCOC(=O)OC(C)(C)CNC(=O)N[C@@H](C(=O)N1CC[C@](O)(c2ccc(Cl)cc2)C(C)(C)C1)C(C)C. The number of hydrogen-bond donors (Lipinski definition) is 3. The summed E-state index contributed by atoms with van der Waals surface area (Å²) in [7, 11) is 0. The summed E-state index contributed by atoms with van der Waals surface area (Å²) in [5.74, 6) is -1.08. The van der Waals surface area contributed by atoms with Crippen LogP contribution >= 0.6 is 11.6 Å². The number of carbonyl (C=O) groups is 4. The number of benzene rings is 1. The molecule has 12 heteroatoms. The Hall–Kier alpha value is -3.05. The number of rotatable bonds is 9. The van der Waals surface area contributed by atoms with Crippen molar-refractivity contribution in [1.29, 1.82) is 0 Å². The Morgan fingerprint density at radius 1 is 1.13 bits per heavy atom. The molecule has 1 aromatic carbocycles. The van der Waals surface area contributed by atoms with Gasteiger partial charge in [0.25, 0.3) is 0 Å². The minimum absolute atomic E-state index is 0.0780. The number of piperidine rings is 1. The largest absolute Gasteiger partial charge is 0.511 e. The summed E-state index contributed by atoms with van der Waals surface area (Å²) in [6.45, 7) is 11.7. The van der Waals surface area contributed by atoms with E-state index in [9.17, 15) is 24.3 Å². The van der Waals surface area contributed by atoms with Gasteiger partial charge < -0.3 is 34.9 Å². The highest BCUT2D eigenvalue weighted by Crippen LogP contribution is 2.46. The molecule has 3 amide bonds. The lowest BCUT2D eigenvalue weighted by molar-refractivity contribution is -0.155. The van der Waals surface area contributed by atoms with Crippen LogP contribution in [0.15, 0.2) is 24.3 Å². The van der Waals surface area contributed by atoms with Crippen molar-refractivity contribution in [2.45, 2.75) is 72.1 Å². The van der Waals surface area contributed by atoms with E-state index >= 15 is 0 Å². The van der Waals surface area contributed by atoms with Crippen LogP contribution in [0.4, 0.5) is 9.59 Å². The van der Waals surface area contributed by atoms with E-state index in [0.29, 0.717) is 18.0 Å². The summed E-state index contributed by atoms with van der Waals surface area (Å²) in [4.78, 5) is 50.4. The molecule has 0 bridgehead atoms. The first-order chi connectivity index (χ1) is 18.0. The smallest absolute Gasteiger partial charge is 0.428 e. The lowest BCUT2D eigenvalue weighted by atomic mass is 9.66. The number of urea groups is 1. The Morgan fingerprint density at radius 3 is 2.28 bits per heavy atom. The van der Waals surface area contributed by atoms with Gasteiger partial charge in [0.1, 0.15) is 11.6 Å². The van der Waals surface area contributed by atoms with E-state index < -0.39 is 47.6 Å². The Kier molecular flexibility index (Phi) is 10.6. The molecular weight excluding hydrogens is 530 g/mol. The quantitative estimate of drug-likeness (QED) is 0.302. The van der Waals surface area contributed by atoms with E-state index in [1.165, 1.54) is 6.92 Å². The predicted molar refractivity (Wildman–Crippen MR) is 144 cm³/mol. The number of carbonyl (C=O) groups excluding carboxylic acids is 4. The van der Waals surface area contributed by atoms with Crippen LogP contribution in [0.2, 0.25) is 5.02 Å². The number of halogens is 1. The minimum Gasteiger partial charge on any atom is -0.428 e. The molecule has 0 aromatic heterocycles. The van der Waals surface area contributed by atoms with Crippen molar-refractivity contribution >= 4 is 35.7 Å². The molecule has 39 heavy (non-hydrogen) atoms. The molecule has 0 unspecified atom stereocenters. The average Bonchev–Trinajstić information content (AvgIpc) is 2.82. The number of likely N-dealkylation sites (tertiary alicyclic amines) is 1. The fourth-order valence-corrected chi connectivity index (χ4v) is 4.54. The molecular formula is C27H40ClN3O8. The van der Waals surface area contributed by atoms with Crippen molar-refractivity contribution in [3.8, 4) is 0 Å². The number of esters is 1. The van der Waals surface area contributed by atoms with Crippen LogP contribution in [0.25, 0.3) is 0 Å². The second-order valence-corrected chi connectivity index (χ2v) is 11.8. The third-order valence-electron chi connectivity index (χ3n) is 6.78. The van der Waals surface area contributed by atoms with Crippen molar-refractivity contribution in [3.63, 3.8) is 0 Å². The van der Waals surface area contributed by atoms with Gasteiger partial charge in [-0.25, -0.2) is 9.59 Å². The van der Waals surface area contributed by atoms with Gasteiger partial charge in [0.2, 0.25) is 12.7 Å². The van der Waals surface area contributed by atoms with Crippen LogP contribution in [-0.2, 0) is 29.4 Å². The Balaban J connectivity index is 1.98. The number of amides is 3. The molecule has 1 heterocycles. The van der Waals surface area contributed by atoms with Crippen molar-refractivity contribution < 1.29 is 38.5 Å². The Morgan fingerprint density at radius 2 is 1.74 bits per heavy atom. The minimum atomic E-state index is -1.16. The first-order valence-corrected chi connectivity index (χ1v) is 13.2. The van der Waals surface area contributed by atoms with Crippen molar-refractivity contribution in [2.24, 2.45) is 11.3 Å². The van der Waals surface area contributed by atoms with Gasteiger partial charge in [0, 0.05) is 30.5 Å². The molecule has 0 aliphatic carbocycles. The number of aliphatic hydroxyl groups is 1. The maximum Gasteiger partial charge on any atom is 0.511 e. The first-order valence-electron chi connectivity index (χ1n) is 12.8. The molecule has 218 valence electrons. The molecule has 0 spiro atoms. The van der Waals surface area contributed by atoms with Crippen LogP contribution in [0.5, 0.6) is 0 Å². The average molecular weight is 570 g/mol. The molecule has 3 N–H and O–H groups in total. The van der Waals surface area contributed by atoms with E-state index in [2.05, 4.69) is 20.1 Å². The van der Waals surface area contributed by atoms with Crippen molar-refractivity contribution in [3.05, 3.63) is 34.9 Å². The Bertz CT molecular complexity index is 1040. The highest BCUT2D eigenvalue weighted by molar-refractivity contribution is 6.30. The molecule has 1 aromatic rings. The monoisotopic (exact) mass is 569 g/mol. The molecule has 1 saturated heterocycles. The van der Waals surface area contributed by atoms with Gasteiger partial charge >= 0.3 is 18.2 Å². The molecule has 1 fully saturated rings. The van der Waals surface area contributed by atoms with Gasteiger partial charge in [0.05, 0.1) is 12.1 Å². The normalized spacial score (nSPS) is 19.6. The van der Waals surface area contributed by atoms with Crippen LogP contribution in [-0.4, -0.2) is 72.1 Å². The molecule has 0 radical (unpaired) electrons. The molecule has 11 nitrogen and oxygen atoms in total. The number of ether oxygens (including phenoxy) is 3. The molecule has 0 saturated carbocycles. The van der Waals surface area contributed by atoms with Gasteiger partial charge in [0.15, 0.2) is 0 Å². The first kappa shape index (κ1) is 32.2. The van der Waals surface area contributed by atoms with Gasteiger partial charge in [-0.2, -0.15) is 0 Å². The van der Waals surface area contributed by atoms with E-state index in [-0.39, 0.29) is 24.9 Å². The Labute approximate surface area is 234 Å². The van der Waals surface area contributed by atoms with Crippen molar-refractivity contribution in [1.82, 2.24) is 15.5 Å². The van der Waals surface area contributed by atoms with E-state index in [4.69, 9.17) is 16.3 Å². The van der Waals surface area contributed by atoms with Crippen LogP contribution in [0, 0.1) is 11.3 Å². The van der Waals surface area contributed by atoms with Gasteiger partial charge in [-0.15, -0.1) is 0 Å². The zero-order chi connectivity index (χ0) is 29.6. The second kappa shape index (κ2) is 12.9. The maximum absolute atomic E-state index is 13.5. The van der Waals surface area contributed by atoms with Crippen molar-refractivity contribution in [2.75, 3.05) is 26.4 Å². The molecule has 1 aliphatic rings. The summed E-state index contributed by atoms with van der Waals surface area (Å²) in [6.07, 6.45) is -0.742. The van der Waals surface area contributed by atoms with E-state index in [1.807, 2.05) is 27.7 Å². The summed E-state index contributed by atoms with van der Waals surface area (Å²) in [6, 6.07) is 5.64. The van der Waals surface area contributed by atoms with Gasteiger partial charge in [-0.05, 0) is 43.9 Å². The highest BCUT2D eigenvalue weighted by atomic mass is 35.5. The second-order valence-electron chi connectivity index (χ2n) is 11.3. The van der Waals surface area contributed by atoms with Crippen LogP contribution < -0.4 is 10.6 Å². The zero-order valence-electron chi connectivity index (χ0n) is 23.6. The lowest BCUT2D eigenvalue weighted by Gasteiger charge is -2.51. The number of hydrogen-bond acceptors (Lipinski definition) is 8. The zero-order valence-corrected chi connectivity index (χ0v) is 24.4.